The summed E-state index contributed by atoms with van der Waals surface area (Å²) in [5.74, 6) is -0.137. The molecule has 0 unspecified atom stereocenters. The highest BCUT2D eigenvalue weighted by molar-refractivity contribution is 5.80. The molecule has 25 heavy (non-hydrogen) atoms. The van der Waals surface area contributed by atoms with Gasteiger partial charge in [0.1, 0.15) is 41.4 Å². The number of hydrogen-bond donors (Lipinski definition) is 2. The summed E-state index contributed by atoms with van der Waals surface area (Å²) >= 11 is 0. The molecule has 0 saturated carbocycles. The summed E-state index contributed by atoms with van der Waals surface area (Å²) < 4.78 is 10.2. The van der Waals surface area contributed by atoms with Gasteiger partial charge in [0.25, 0.3) is 5.56 Å². The molecule has 1 aromatic heterocycles. The fraction of sp³-hybridized carbons (Fsp3) is 0.176. The zero-order chi connectivity index (χ0) is 18.6. The van der Waals surface area contributed by atoms with Crippen LogP contribution < -0.4 is 16.0 Å². The first-order chi connectivity index (χ1) is 11.9. The van der Waals surface area contributed by atoms with Crippen LogP contribution in [0.2, 0.25) is 0 Å². The number of nitrogens with one attached hydrogen (secondary N) is 1. The number of nitrogens with two attached hydrogens (primary N) is 1. The third kappa shape index (κ3) is 3.43. The van der Waals surface area contributed by atoms with Crippen LogP contribution in [-0.2, 0) is 16.1 Å². The second-order valence-corrected chi connectivity index (χ2v) is 5.02. The lowest BCUT2D eigenvalue weighted by Crippen LogP contribution is -2.16. The van der Waals surface area contributed by atoms with E-state index >= 15 is 0 Å². The highest BCUT2D eigenvalue weighted by Gasteiger charge is 2.19. The van der Waals surface area contributed by atoms with Crippen molar-refractivity contribution in [1.82, 2.24) is 4.98 Å². The van der Waals surface area contributed by atoms with E-state index in [1.165, 1.54) is 14.0 Å². The summed E-state index contributed by atoms with van der Waals surface area (Å²) in [6.45, 7) is 1.21. The third-order valence-corrected chi connectivity index (χ3v) is 3.47. The molecule has 1 aromatic carbocycles. The molecular formula is C17H14N4O4. The van der Waals surface area contributed by atoms with Crippen LogP contribution in [0.3, 0.4) is 0 Å². The second-order valence-electron chi connectivity index (χ2n) is 5.02. The Morgan fingerprint density at radius 2 is 1.96 bits per heavy atom. The first kappa shape index (κ1) is 17.6. The van der Waals surface area contributed by atoms with E-state index in [0.29, 0.717) is 16.9 Å². The molecule has 2 aromatic rings. The minimum Gasteiger partial charge on any atom is -0.496 e. The Morgan fingerprint density at radius 3 is 2.52 bits per heavy atom. The summed E-state index contributed by atoms with van der Waals surface area (Å²) in [7, 11) is 1.46. The number of nitriles is 2. The Balaban J connectivity index is 2.73. The average Bonchev–Trinajstić information content (AvgIpc) is 2.59. The van der Waals surface area contributed by atoms with Crippen molar-refractivity contribution in [2.75, 3.05) is 12.8 Å². The number of hydrogen-bond acceptors (Lipinski definition) is 7. The van der Waals surface area contributed by atoms with Crippen LogP contribution in [0, 0.1) is 22.7 Å². The number of benzene rings is 1. The van der Waals surface area contributed by atoms with Crippen LogP contribution in [0.25, 0.3) is 11.1 Å². The highest BCUT2D eigenvalue weighted by atomic mass is 16.5. The van der Waals surface area contributed by atoms with E-state index in [9.17, 15) is 20.1 Å². The predicted molar refractivity (Wildman–Crippen MR) is 88.4 cm³/mol. The maximum atomic E-state index is 12.0. The van der Waals surface area contributed by atoms with E-state index in [1.54, 1.807) is 24.3 Å². The first-order valence-electron chi connectivity index (χ1n) is 7.09. The van der Waals surface area contributed by atoms with Gasteiger partial charge in [0, 0.05) is 18.1 Å². The van der Waals surface area contributed by atoms with Crippen molar-refractivity contribution in [3.8, 4) is 29.0 Å². The highest BCUT2D eigenvalue weighted by Crippen LogP contribution is 2.32. The van der Waals surface area contributed by atoms with Gasteiger partial charge in [-0.25, -0.2) is 0 Å². The topological polar surface area (TPSA) is 142 Å². The van der Waals surface area contributed by atoms with Gasteiger partial charge >= 0.3 is 5.97 Å². The van der Waals surface area contributed by atoms with Crippen molar-refractivity contribution in [3.05, 3.63) is 45.2 Å². The summed E-state index contributed by atoms with van der Waals surface area (Å²) in [6, 6.07) is 8.46. The normalized spacial score (nSPS) is 9.76. The van der Waals surface area contributed by atoms with Gasteiger partial charge in [-0.1, -0.05) is 6.07 Å². The summed E-state index contributed by atoms with van der Waals surface area (Å²) in [5.41, 5.74) is 5.82. The van der Waals surface area contributed by atoms with E-state index < -0.39 is 11.5 Å². The van der Waals surface area contributed by atoms with Crippen LogP contribution in [0.5, 0.6) is 5.75 Å². The molecule has 8 heteroatoms. The monoisotopic (exact) mass is 338 g/mol. The Bertz CT molecular complexity index is 980. The maximum absolute atomic E-state index is 12.0. The number of aromatic nitrogens is 1. The smallest absolute Gasteiger partial charge is 0.302 e. The lowest BCUT2D eigenvalue weighted by molar-refractivity contribution is -0.142. The van der Waals surface area contributed by atoms with E-state index in [0.717, 1.165) is 0 Å². The third-order valence-electron chi connectivity index (χ3n) is 3.47. The van der Waals surface area contributed by atoms with Gasteiger partial charge in [-0.05, 0) is 17.7 Å². The van der Waals surface area contributed by atoms with Crippen molar-refractivity contribution in [2.45, 2.75) is 13.5 Å². The molecule has 0 atom stereocenters. The SMILES string of the molecule is COc1ccc(-c2c(C#N)c(N)[nH]c(=O)c2C#N)cc1COC(C)=O. The molecule has 0 aliphatic heterocycles. The minimum atomic E-state index is -0.689. The van der Waals surface area contributed by atoms with Crippen LogP contribution in [0.4, 0.5) is 5.82 Å². The van der Waals surface area contributed by atoms with E-state index in [-0.39, 0.29) is 29.1 Å². The van der Waals surface area contributed by atoms with Crippen molar-refractivity contribution in [2.24, 2.45) is 0 Å². The summed E-state index contributed by atoms with van der Waals surface area (Å²) in [6.07, 6.45) is 0. The number of esters is 1. The Morgan fingerprint density at radius 1 is 1.28 bits per heavy atom. The minimum absolute atomic E-state index is 0.0141. The summed E-state index contributed by atoms with van der Waals surface area (Å²) in [4.78, 5) is 25.3. The number of carbonyl (C=O) groups is 1. The zero-order valence-electron chi connectivity index (χ0n) is 13.5. The van der Waals surface area contributed by atoms with Gasteiger partial charge in [-0.2, -0.15) is 10.5 Å². The van der Waals surface area contributed by atoms with Crippen LogP contribution in [0.15, 0.2) is 23.0 Å². The summed E-state index contributed by atoms with van der Waals surface area (Å²) in [5, 5.41) is 18.7. The Hall–Kier alpha value is -3.78. The quantitative estimate of drug-likeness (QED) is 0.803. The fourth-order valence-electron chi connectivity index (χ4n) is 2.36. The number of carbonyl (C=O) groups excluding carboxylic acids is 1. The standard InChI is InChI=1S/C17H14N4O4/c1-9(22)25-8-11-5-10(3-4-14(11)24-2)15-12(6-18)16(20)21-17(23)13(15)7-19/h3-5H,8H2,1-2H3,(H3,20,21,23). The van der Waals surface area contributed by atoms with Gasteiger partial charge in [0.05, 0.1) is 7.11 Å². The van der Waals surface area contributed by atoms with E-state index in [2.05, 4.69) is 4.98 Å². The second kappa shape index (κ2) is 7.20. The van der Waals surface area contributed by atoms with Crippen LogP contribution >= 0.6 is 0 Å². The molecule has 2 rings (SSSR count). The molecule has 0 saturated heterocycles. The molecular weight excluding hydrogens is 324 g/mol. The molecule has 1 heterocycles. The van der Waals surface area contributed by atoms with Gasteiger partial charge in [-0.3, -0.25) is 9.59 Å². The number of ether oxygens (including phenoxy) is 2. The van der Waals surface area contributed by atoms with Gasteiger partial charge in [0.2, 0.25) is 0 Å². The van der Waals surface area contributed by atoms with Crippen LogP contribution in [0.1, 0.15) is 23.6 Å². The predicted octanol–water partition coefficient (Wildman–Crippen LogP) is 1.44. The number of H-pyrrole nitrogens is 1. The molecule has 0 amide bonds. The maximum Gasteiger partial charge on any atom is 0.302 e. The molecule has 0 aliphatic rings. The van der Waals surface area contributed by atoms with Crippen molar-refractivity contribution in [3.63, 3.8) is 0 Å². The number of anilines is 1. The van der Waals surface area contributed by atoms with Gasteiger partial charge in [-0.15, -0.1) is 0 Å². The molecule has 0 aliphatic carbocycles. The molecule has 0 fully saturated rings. The molecule has 0 radical (unpaired) electrons. The number of pyridine rings is 1. The molecule has 8 nitrogen and oxygen atoms in total. The molecule has 3 N–H and O–H groups in total. The number of methoxy groups -OCH3 is 1. The number of nitrogens with zero attached hydrogens (tertiary/aromatic N) is 2. The average molecular weight is 338 g/mol. The molecule has 0 bridgehead atoms. The lowest BCUT2D eigenvalue weighted by atomic mass is 9.95. The Labute approximate surface area is 143 Å². The van der Waals surface area contributed by atoms with E-state index in [1.807, 2.05) is 6.07 Å². The number of rotatable bonds is 4. The Kier molecular flexibility index (Phi) is 5.06. The number of aromatic amines is 1. The van der Waals surface area contributed by atoms with Gasteiger partial charge in [0.15, 0.2) is 0 Å². The molecule has 126 valence electrons. The number of nitrogen functional groups attached to an aromatic ring is 1. The van der Waals surface area contributed by atoms with Crippen LogP contribution in [-0.4, -0.2) is 18.1 Å². The van der Waals surface area contributed by atoms with E-state index in [4.69, 9.17) is 15.2 Å². The first-order valence-corrected chi connectivity index (χ1v) is 7.09. The largest absolute Gasteiger partial charge is 0.496 e. The molecule has 0 spiro atoms. The van der Waals surface area contributed by atoms with Gasteiger partial charge < -0.3 is 20.2 Å². The fourth-order valence-corrected chi connectivity index (χ4v) is 2.36. The van der Waals surface area contributed by atoms with Crippen molar-refractivity contribution >= 4 is 11.8 Å². The van der Waals surface area contributed by atoms with Crippen molar-refractivity contribution in [1.29, 1.82) is 10.5 Å². The zero-order valence-corrected chi connectivity index (χ0v) is 13.5. The van der Waals surface area contributed by atoms with Crippen molar-refractivity contribution < 1.29 is 14.3 Å². The lowest BCUT2D eigenvalue weighted by Gasteiger charge is -2.13.